The fraction of sp³-hybridized carbons (Fsp3) is 0.606. The van der Waals surface area contributed by atoms with Crippen LogP contribution in [0.5, 0.6) is 0 Å². The lowest BCUT2D eigenvalue weighted by atomic mass is 9.44. The van der Waals surface area contributed by atoms with Gasteiger partial charge in [-0.1, -0.05) is 51.2 Å². The smallest absolute Gasteiger partial charge is 0.338 e. The molecule has 2 saturated carbocycles. The highest BCUT2D eigenvalue weighted by molar-refractivity contribution is 8.22. The van der Waals surface area contributed by atoms with E-state index in [-0.39, 0.29) is 19.4 Å². The van der Waals surface area contributed by atoms with Crippen LogP contribution in [0.25, 0.3) is 0 Å². The van der Waals surface area contributed by atoms with Crippen molar-refractivity contribution in [2.45, 2.75) is 84.4 Å². The number of fused-ring (bicyclic) bond motifs is 5. The minimum absolute atomic E-state index is 0.0153. The van der Waals surface area contributed by atoms with Crippen LogP contribution < -0.4 is 0 Å². The van der Waals surface area contributed by atoms with Crippen LogP contribution in [0, 0.1) is 28.6 Å². The average molecular weight is 645 g/mol. The first-order chi connectivity index (χ1) is 20.6. The second kappa shape index (κ2) is 11.6. The van der Waals surface area contributed by atoms with E-state index in [1.54, 1.807) is 44.2 Å². The molecule has 238 valence electrons. The summed E-state index contributed by atoms with van der Waals surface area (Å²) < 4.78 is 25.1. The Morgan fingerprint density at radius 2 is 1.70 bits per heavy atom. The molecule has 2 bridgehead atoms. The first kappa shape index (κ1) is 32.8. The number of aliphatic hydroxyl groups is 1. The molecule has 9 atom stereocenters. The van der Waals surface area contributed by atoms with E-state index in [4.69, 9.17) is 31.2 Å². The predicted molar refractivity (Wildman–Crippen MR) is 167 cm³/mol. The third-order valence-electron chi connectivity index (χ3n) is 10.5. The number of carbonyl (C=O) groups excluding carboxylic acids is 4. The molecular formula is C33H40O9S2. The van der Waals surface area contributed by atoms with E-state index in [2.05, 4.69) is 0 Å². The fourth-order valence-corrected chi connectivity index (χ4v) is 9.46. The number of hydrogen-bond donors (Lipinski definition) is 1. The molecule has 4 aliphatic rings. The first-order valence-corrected chi connectivity index (χ1v) is 16.5. The van der Waals surface area contributed by atoms with Gasteiger partial charge in [0, 0.05) is 31.1 Å². The topological polar surface area (TPSA) is 125 Å². The van der Waals surface area contributed by atoms with Crippen LogP contribution >= 0.6 is 24.0 Å². The molecule has 1 aliphatic heterocycles. The third kappa shape index (κ3) is 4.94. The van der Waals surface area contributed by atoms with E-state index in [1.165, 1.54) is 25.6 Å². The summed E-state index contributed by atoms with van der Waals surface area (Å²) in [5, 5.41) is 11.4. The predicted octanol–water partition coefficient (Wildman–Crippen LogP) is 4.48. The molecule has 3 fully saturated rings. The highest BCUT2D eigenvalue weighted by atomic mass is 32.2. The van der Waals surface area contributed by atoms with Gasteiger partial charge in [0.2, 0.25) is 0 Å². The molecule has 5 rings (SSSR count). The number of thioether (sulfide) groups is 1. The molecule has 1 N–H and O–H groups in total. The lowest BCUT2D eigenvalue weighted by Crippen LogP contribution is -2.78. The summed E-state index contributed by atoms with van der Waals surface area (Å²) in [4.78, 5) is 54.5. The van der Waals surface area contributed by atoms with Gasteiger partial charge < -0.3 is 24.1 Å². The molecule has 1 aromatic rings. The van der Waals surface area contributed by atoms with E-state index in [0.717, 1.165) is 0 Å². The van der Waals surface area contributed by atoms with Gasteiger partial charge in [-0.2, -0.15) is 0 Å². The number of hydrogen-bond acceptors (Lipinski definition) is 11. The van der Waals surface area contributed by atoms with Gasteiger partial charge in [-0.15, -0.1) is 11.8 Å². The van der Waals surface area contributed by atoms with Crippen molar-refractivity contribution < 1.29 is 43.2 Å². The molecule has 0 radical (unpaired) electrons. The summed E-state index contributed by atoms with van der Waals surface area (Å²) in [6.45, 7) is 9.88. The number of ether oxygens (including phenoxy) is 4. The largest absolute Gasteiger partial charge is 0.458 e. The standard InChI is InChI=1S/C33H40O9S2/c1-16-22(36)13-20-25(41-29(38)19-11-9-8-10-12-19)27-32(6,28(37)26(40-17(2)34)24(16)31(20,4)5)21(30(43)44-7)14-23-33(27,15-39-23)42-18(3)35/h8-12,20-23,25-27,36H,13-15H2,1-7H3/t20?,21-,22?,23-,25-,26-,27+,32-,33+/m1/s1. The van der Waals surface area contributed by atoms with Gasteiger partial charge in [-0.3, -0.25) is 14.4 Å². The van der Waals surface area contributed by atoms with Crippen LogP contribution in [0.15, 0.2) is 41.5 Å². The number of thiocarbonyl (C=S) groups is 1. The fourth-order valence-electron chi connectivity index (χ4n) is 8.49. The molecule has 1 heterocycles. The van der Waals surface area contributed by atoms with Crippen molar-refractivity contribution in [3.05, 3.63) is 47.0 Å². The molecule has 0 aromatic heterocycles. The van der Waals surface area contributed by atoms with Gasteiger partial charge in [0.15, 0.2) is 17.5 Å². The molecule has 0 amide bonds. The van der Waals surface area contributed by atoms with Crippen molar-refractivity contribution in [1.82, 2.24) is 0 Å². The molecule has 0 spiro atoms. The van der Waals surface area contributed by atoms with E-state index in [0.29, 0.717) is 20.9 Å². The molecule has 1 aromatic carbocycles. The van der Waals surface area contributed by atoms with Crippen LogP contribution in [0.1, 0.15) is 64.7 Å². The number of aliphatic hydroxyl groups excluding tert-OH is 1. The normalized spacial score (nSPS) is 37.3. The SMILES string of the molecule is CSC(=S)[C@H]1C[C@H]2OC[C@@]2(OC(C)=O)[C@H]2[C@H](OC(=O)c3ccccc3)C3CC(O)C(C)=C([C@@H](OC(C)=O)C(=O)[C@]12C)C3(C)C. The van der Waals surface area contributed by atoms with Crippen molar-refractivity contribution >= 4 is 51.9 Å². The van der Waals surface area contributed by atoms with Crippen molar-refractivity contribution in [3.8, 4) is 0 Å². The summed E-state index contributed by atoms with van der Waals surface area (Å²) >= 11 is 7.22. The summed E-state index contributed by atoms with van der Waals surface area (Å²) in [6, 6.07) is 8.54. The minimum Gasteiger partial charge on any atom is -0.458 e. The maximum atomic E-state index is 15.3. The van der Waals surface area contributed by atoms with Crippen molar-refractivity contribution in [3.63, 3.8) is 0 Å². The second-order valence-corrected chi connectivity index (χ2v) is 14.7. The quantitative estimate of drug-likeness (QED) is 0.211. The molecule has 44 heavy (non-hydrogen) atoms. The van der Waals surface area contributed by atoms with Gasteiger partial charge in [0.1, 0.15) is 12.2 Å². The minimum atomic E-state index is -1.43. The van der Waals surface area contributed by atoms with Gasteiger partial charge >= 0.3 is 17.9 Å². The monoisotopic (exact) mass is 644 g/mol. The number of benzene rings is 1. The van der Waals surface area contributed by atoms with Gasteiger partial charge in [-0.05, 0) is 54.7 Å². The molecule has 11 heteroatoms. The van der Waals surface area contributed by atoms with Gasteiger partial charge in [0.25, 0.3) is 0 Å². The highest BCUT2D eigenvalue weighted by Crippen LogP contribution is 2.65. The number of carbonyl (C=O) groups is 4. The Morgan fingerprint density at radius 1 is 1.05 bits per heavy atom. The second-order valence-electron chi connectivity index (χ2n) is 13.2. The molecule has 3 aliphatic carbocycles. The Balaban J connectivity index is 1.84. The lowest BCUT2D eigenvalue weighted by molar-refractivity contribution is -0.325. The number of Topliss-reactive ketones (excluding diaryl/α,β-unsaturated/α-hetero) is 1. The number of rotatable bonds is 5. The first-order valence-electron chi connectivity index (χ1n) is 14.9. The summed E-state index contributed by atoms with van der Waals surface area (Å²) in [7, 11) is 0. The van der Waals surface area contributed by atoms with Gasteiger partial charge in [0.05, 0.1) is 28.4 Å². The highest BCUT2D eigenvalue weighted by Gasteiger charge is 2.75. The van der Waals surface area contributed by atoms with E-state index < -0.39 is 82.3 Å². The van der Waals surface area contributed by atoms with Crippen molar-refractivity contribution in [1.29, 1.82) is 0 Å². The maximum absolute atomic E-state index is 15.3. The maximum Gasteiger partial charge on any atom is 0.338 e. The Bertz CT molecular complexity index is 1420. The zero-order chi connectivity index (χ0) is 32.4. The lowest BCUT2D eigenvalue weighted by Gasteiger charge is -2.66. The third-order valence-corrected chi connectivity index (χ3v) is 12.0. The van der Waals surface area contributed by atoms with E-state index in [1.807, 2.05) is 20.1 Å². The van der Waals surface area contributed by atoms with Crippen LogP contribution in [0.4, 0.5) is 0 Å². The molecular weight excluding hydrogens is 604 g/mol. The van der Waals surface area contributed by atoms with E-state index >= 15 is 4.79 Å². The van der Waals surface area contributed by atoms with Crippen LogP contribution in [-0.4, -0.2) is 75.9 Å². The Kier molecular flexibility index (Phi) is 8.67. The summed E-state index contributed by atoms with van der Waals surface area (Å²) in [6.07, 6.45) is -1.67. The molecule has 2 unspecified atom stereocenters. The zero-order valence-electron chi connectivity index (χ0n) is 26.1. The van der Waals surface area contributed by atoms with Crippen molar-refractivity contribution in [2.24, 2.45) is 28.6 Å². The Labute approximate surface area is 267 Å². The Morgan fingerprint density at radius 3 is 2.25 bits per heavy atom. The van der Waals surface area contributed by atoms with Crippen LogP contribution in [0.3, 0.4) is 0 Å². The Hall–Kier alpha value is -2.60. The van der Waals surface area contributed by atoms with Gasteiger partial charge in [-0.25, -0.2) is 4.79 Å². The van der Waals surface area contributed by atoms with E-state index in [9.17, 15) is 19.5 Å². The van der Waals surface area contributed by atoms with Crippen LogP contribution in [-0.2, 0) is 33.3 Å². The zero-order valence-corrected chi connectivity index (χ0v) is 27.7. The number of esters is 3. The summed E-state index contributed by atoms with van der Waals surface area (Å²) in [5.41, 5.74) is -2.31. The molecule has 9 nitrogen and oxygen atoms in total. The van der Waals surface area contributed by atoms with Crippen molar-refractivity contribution in [2.75, 3.05) is 12.9 Å². The number of ketones is 1. The summed E-state index contributed by atoms with van der Waals surface area (Å²) in [5.74, 6) is -4.36. The van der Waals surface area contributed by atoms with Crippen LogP contribution in [0.2, 0.25) is 0 Å². The average Bonchev–Trinajstić information content (AvgIpc) is 2.95. The molecule has 1 saturated heterocycles.